The van der Waals surface area contributed by atoms with Gasteiger partial charge in [-0.2, -0.15) is 5.10 Å². The lowest BCUT2D eigenvalue weighted by Gasteiger charge is -2.21. The normalized spacial score (nSPS) is 10.9. The molecule has 0 spiro atoms. The van der Waals surface area contributed by atoms with E-state index in [4.69, 9.17) is 0 Å². The molecule has 3 rings (SSSR count). The lowest BCUT2D eigenvalue weighted by molar-refractivity contribution is -0.384. The zero-order chi connectivity index (χ0) is 20.3. The summed E-state index contributed by atoms with van der Waals surface area (Å²) in [5.41, 5.74) is 3.04. The van der Waals surface area contributed by atoms with E-state index in [0.717, 1.165) is 16.8 Å². The lowest BCUT2D eigenvalue weighted by Crippen LogP contribution is -2.34. The summed E-state index contributed by atoms with van der Waals surface area (Å²) < 4.78 is 1.73. The van der Waals surface area contributed by atoms with Crippen molar-refractivity contribution in [3.05, 3.63) is 76.5 Å². The van der Waals surface area contributed by atoms with Crippen molar-refractivity contribution in [2.24, 2.45) is 0 Å². The molecule has 0 N–H and O–H groups in total. The van der Waals surface area contributed by atoms with E-state index >= 15 is 0 Å². The first-order valence-electron chi connectivity index (χ1n) is 9.01. The molecule has 0 atom stereocenters. The topological polar surface area (TPSA) is 81.3 Å². The van der Waals surface area contributed by atoms with Gasteiger partial charge in [0.2, 0.25) is 5.91 Å². The molecule has 0 fully saturated rings. The van der Waals surface area contributed by atoms with E-state index in [2.05, 4.69) is 5.10 Å². The SMILES string of the molecule is CC(C)N(C)C(=O)Cc1cn(-c2ccccc2)nc1-c1ccc([N+](=O)[O-])cc1. The van der Waals surface area contributed by atoms with Crippen molar-refractivity contribution in [3.63, 3.8) is 0 Å². The molecule has 0 aliphatic carbocycles. The highest BCUT2D eigenvalue weighted by molar-refractivity contribution is 5.81. The maximum atomic E-state index is 12.6. The van der Waals surface area contributed by atoms with Crippen LogP contribution in [0.3, 0.4) is 0 Å². The van der Waals surface area contributed by atoms with Gasteiger partial charge in [-0.3, -0.25) is 14.9 Å². The van der Waals surface area contributed by atoms with Gasteiger partial charge >= 0.3 is 0 Å². The highest BCUT2D eigenvalue weighted by atomic mass is 16.6. The van der Waals surface area contributed by atoms with E-state index in [1.54, 1.807) is 28.8 Å². The molecule has 0 aliphatic heterocycles. The minimum absolute atomic E-state index is 0.00854. The molecule has 1 amide bonds. The molecule has 0 saturated heterocycles. The van der Waals surface area contributed by atoms with Crippen molar-refractivity contribution in [1.82, 2.24) is 14.7 Å². The number of rotatable bonds is 6. The van der Waals surface area contributed by atoms with Gasteiger partial charge in [-0.1, -0.05) is 18.2 Å². The van der Waals surface area contributed by atoms with Gasteiger partial charge in [-0.15, -0.1) is 0 Å². The van der Waals surface area contributed by atoms with Crippen LogP contribution in [0.15, 0.2) is 60.8 Å². The number of carbonyl (C=O) groups is 1. The van der Waals surface area contributed by atoms with Crippen LogP contribution in [-0.4, -0.2) is 38.6 Å². The first-order chi connectivity index (χ1) is 13.4. The van der Waals surface area contributed by atoms with Gasteiger partial charge in [-0.25, -0.2) is 4.68 Å². The number of non-ortho nitro benzene ring substituents is 1. The van der Waals surface area contributed by atoms with Gasteiger partial charge in [0.05, 0.1) is 22.7 Å². The summed E-state index contributed by atoms with van der Waals surface area (Å²) >= 11 is 0. The van der Waals surface area contributed by atoms with Crippen molar-refractivity contribution < 1.29 is 9.72 Å². The van der Waals surface area contributed by atoms with E-state index in [1.807, 2.05) is 50.4 Å². The fourth-order valence-electron chi connectivity index (χ4n) is 2.81. The second kappa shape index (κ2) is 8.04. The predicted octanol–water partition coefficient (Wildman–Crippen LogP) is 3.86. The van der Waals surface area contributed by atoms with Gasteiger partial charge < -0.3 is 4.90 Å². The Kier molecular flexibility index (Phi) is 5.54. The summed E-state index contributed by atoms with van der Waals surface area (Å²) in [6.45, 7) is 3.92. The molecule has 7 nitrogen and oxygen atoms in total. The van der Waals surface area contributed by atoms with Crippen LogP contribution in [0.1, 0.15) is 19.4 Å². The smallest absolute Gasteiger partial charge is 0.269 e. The Morgan fingerprint density at radius 3 is 2.36 bits per heavy atom. The monoisotopic (exact) mass is 378 g/mol. The maximum absolute atomic E-state index is 12.6. The van der Waals surface area contributed by atoms with Crippen LogP contribution in [0.2, 0.25) is 0 Å². The molecule has 0 aliphatic rings. The van der Waals surface area contributed by atoms with E-state index in [-0.39, 0.29) is 24.1 Å². The van der Waals surface area contributed by atoms with Gasteiger partial charge in [0.25, 0.3) is 5.69 Å². The number of carbonyl (C=O) groups excluding carboxylic acids is 1. The zero-order valence-electron chi connectivity index (χ0n) is 16.1. The van der Waals surface area contributed by atoms with Gasteiger partial charge in [0.1, 0.15) is 0 Å². The Labute approximate surface area is 163 Å². The number of amides is 1. The summed E-state index contributed by atoms with van der Waals surface area (Å²) in [5.74, 6) is -0.00854. The average Bonchev–Trinajstić information content (AvgIpc) is 3.11. The standard InChI is InChI=1S/C21H22N4O3/c1-15(2)23(3)20(26)13-17-14-24(18-7-5-4-6-8-18)22-21(17)16-9-11-19(12-10-16)25(27)28/h4-12,14-15H,13H2,1-3H3. The number of para-hydroxylation sites is 1. The molecule has 28 heavy (non-hydrogen) atoms. The molecule has 7 heteroatoms. The molecular weight excluding hydrogens is 356 g/mol. The predicted molar refractivity (Wildman–Crippen MR) is 107 cm³/mol. The van der Waals surface area contributed by atoms with E-state index in [0.29, 0.717) is 5.69 Å². The summed E-state index contributed by atoms with van der Waals surface area (Å²) in [7, 11) is 1.78. The highest BCUT2D eigenvalue weighted by Gasteiger charge is 2.19. The van der Waals surface area contributed by atoms with Crippen LogP contribution in [0.4, 0.5) is 5.69 Å². The Balaban J connectivity index is 2.02. The Morgan fingerprint density at radius 2 is 1.79 bits per heavy atom. The third-order valence-electron chi connectivity index (χ3n) is 4.67. The molecule has 1 aromatic heterocycles. The summed E-state index contributed by atoms with van der Waals surface area (Å²) in [6, 6.07) is 15.9. The van der Waals surface area contributed by atoms with Crippen molar-refractivity contribution >= 4 is 11.6 Å². The average molecular weight is 378 g/mol. The summed E-state index contributed by atoms with van der Waals surface area (Å²) in [5, 5.41) is 15.6. The Morgan fingerprint density at radius 1 is 1.14 bits per heavy atom. The first-order valence-corrected chi connectivity index (χ1v) is 9.01. The first kappa shape index (κ1) is 19.3. The third kappa shape index (κ3) is 4.09. The largest absolute Gasteiger partial charge is 0.343 e. The molecule has 2 aromatic carbocycles. The fraction of sp³-hybridized carbons (Fsp3) is 0.238. The number of nitro benzene ring substituents is 1. The number of hydrogen-bond acceptors (Lipinski definition) is 4. The van der Waals surface area contributed by atoms with Gasteiger partial charge in [-0.05, 0) is 38.1 Å². The minimum Gasteiger partial charge on any atom is -0.343 e. The van der Waals surface area contributed by atoms with Crippen molar-refractivity contribution in [2.45, 2.75) is 26.3 Å². The fourth-order valence-corrected chi connectivity index (χ4v) is 2.81. The van der Waals surface area contributed by atoms with Crippen LogP contribution >= 0.6 is 0 Å². The van der Waals surface area contributed by atoms with Crippen LogP contribution < -0.4 is 0 Å². The number of benzene rings is 2. The maximum Gasteiger partial charge on any atom is 0.269 e. The highest BCUT2D eigenvalue weighted by Crippen LogP contribution is 2.26. The van der Waals surface area contributed by atoms with Crippen LogP contribution in [0.5, 0.6) is 0 Å². The van der Waals surface area contributed by atoms with E-state index < -0.39 is 4.92 Å². The van der Waals surface area contributed by atoms with Crippen molar-refractivity contribution in [3.8, 4) is 16.9 Å². The molecule has 144 valence electrons. The van der Waals surface area contributed by atoms with E-state index in [9.17, 15) is 14.9 Å². The van der Waals surface area contributed by atoms with Gasteiger partial charge in [0.15, 0.2) is 0 Å². The second-order valence-corrected chi connectivity index (χ2v) is 6.86. The quantitative estimate of drug-likeness (QED) is 0.482. The Hall–Kier alpha value is -3.48. The third-order valence-corrected chi connectivity index (χ3v) is 4.67. The number of aromatic nitrogens is 2. The molecule has 0 saturated carbocycles. The van der Waals surface area contributed by atoms with Crippen LogP contribution in [-0.2, 0) is 11.2 Å². The molecule has 0 bridgehead atoms. The van der Waals surface area contributed by atoms with Crippen LogP contribution in [0, 0.1) is 10.1 Å². The number of nitrogens with zero attached hydrogens (tertiary/aromatic N) is 4. The number of likely N-dealkylation sites (N-methyl/N-ethyl adjacent to an activating group) is 1. The molecular formula is C21H22N4O3. The number of hydrogen-bond donors (Lipinski definition) is 0. The summed E-state index contributed by atoms with van der Waals surface area (Å²) in [4.78, 5) is 24.8. The molecule has 1 heterocycles. The minimum atomic E-state index is -0.436. The molecule has 3 aromatic rings. The van der Waals surface area contributed by atoms with Crippen molar-refractivity contribution in [2.75, 3.05) is 7.05 Å². The lowest BCUT2D eigenvalue weighted by atomic mass is 10.0. The van der Waals surface area contributed by atoms with Crippen LogP contribution in [0.25, 0.3) is 16.9 Å². The van der Waals surface area contributed by atoms with E-state index in [1.165, 1.54) is 12.1 Å². The Bertz CT molecular complexity index is 979. The second-order valence-electron chi connectivity index (χ2n) is 6.86. The number of nitro groups is 1. The molecule has 0 unspecified atom stereocenters. The van der Waals surface area contributed by atoms with Gasteiger partial charge in [0, 0.05) is 42.5 Å². The van der Waals surface area contributed by atoms with Crippen molar-refractivity contribution in [1.29, 1.82) is 0 Å². The zero-order valence-corrected chi connectivity index (χ0v) is 16.1. The molecule has 0 radical (unpaired) electrons. The summed E-state index contributed by atoms with van der Waals surface area (Å²) in [6.07, 6.45) is 2.05.